The Balaban J connectivity index is 1.65. The van der Waals surface area contributed by atoms with E-state index in [1.807, 2.05) is 47.8 Å². The van der Waals surface area contributed by atoms with E-state index < -0.39 is 11.7 Å². The maximum Gasteiger partial charge on any atom is 0.263 e. The van der Waals surface area contributed by atoms with Crippen molar-refractivity contribution in [2.24, 2.45) is 0 Å². The number of hydrogen-bond acceptors (Lipinski definition) is 3. The molecule has 3 nitrogen and oxygen atoms in total. The van der Waals surface area contributed by atoms with E-state index in [0.29, 0.717) is 23.1 Å². The van der Waals surface area contributed by atoms with Gasteiger partial charge in [0.2, 0.25) is 0 Å². The van der Waals surface area contributed by atoms with Crippen LogP contribution in [0, 0.1) is 5.82 Å². The molecule has 4 aromatic rings. The van der Waals surface area contributed by atoms with Gasteiger partial charge in [-0.25, -0.2) is 9.37 Å². The largest absolute Gasteiger partial charge is 0.284 e. The highest BCUT2D eigenvalue weighted by Crippen LogP contribution is 2.29. The van der Waals surface area contributed by atoms with Crippen LogP contribution in [0.25, 0.3) is 11.3 Å². The van der Waals surface area contributed by atoms with Gasteiger partial charge in [-0.2, -0.15) is 0 Å². The molecule has 0 aliphatic rings. The maximum absolute atomic E-state index is 14.3. The highest BCUT2D eigenvalue weighted by atomic mass is 35.5. The minimum atomic E-state index is -0.540. The second kappa shape index (κ2) is 9.20. The van der Waals surface area contributed by atoms with Crippen LogP contribution >= 0.6 is 22.9 Å². The first-order valence-electron chi connectivity index (χ1n) is 9.43. The van der Waals surface area contributed by atoms with Crippen LogP contribution in [0.5, 0.6) is 0 Å². The SMILES string of the molecule is O=C(c1ccccc1F)N(CCc1ccccc1)c1nc(-c2ccc(Cl)cc2)cs1. The average Bonchev–Trinajstić information content (AvgIpc) is 3.25. The van der Waals surface area contributed by atoms with Crippen LogP contribution in [-0.2, 0) is 6.42 Å². The van der Waals surface area contributed by atoms with Gasteiger partial charge in [0.25, 0.3) is 5.91 Å². The summed E-state index contributed by atoms with van der Waals surface area (Å²) in [4.78, 5) is 19.4. The fraction of sp³-hybridized carbons (Fsp3) is 0.0833. The Morgan fingerprint density at radius 2 is 1.67 bits per heavy atom. The summed E-state index contributed by atoms with van der Waals surface area (Å²) in [6.45, 7) is 0.394. The zero-order chi connectivity index (χ0) is 20.9. The topological polar surface area (TPSA) is 33.2 Å². The van der Waals surface area contributed by atoms with Crippen molar-refractivity contribution in [2.75, 3.05) is 11.4 Å². The molecule has 0 bridgehead atoms. The van der Waals surface area contributed by atoms with E-state index >= 15 is 0 Å². The molecule has 6 heteroatoms. The summed E-state index contributed by atoms with van der Waals surface area (Å²) in [5, 5.41) is 3.07. The van der Waals surface area contributed by atoms with Crippen molar-refractivity contribution in [3.05, 3.63) is 106 Å². The molecule has 0 spiro atoms. The number of benzene rings is 3. The lowest BCUT2D eigenvalue weighted by Gasteiger charge is -2.20. The van der Waals surface area contributed by atoms with Crippen LogP contribution in [0.4, 0.5) is 9.52 Å². The predicted octanol–water partition coefficient (Wildman–Crippen LogP) is 6.49. The van der Waals surface area contributed by atoms with E-state index in [1.54, 1.807) is 29.2 Å². The van der Waals surface area contributed by atoms with Crippen molar-refractivity contribution in [2.45, 2.75) is 6.42 Å². The third kappa shape index (κ3) is 4.58. The van der Waals surface area contributed by atoms with Gasteiger partial charge in [-0.1, -0.05) is 66.2 Å². The van der Waals surface area contributed by atoms with E-state index in [1.165, 1.54) is 23.5 Å². The summed E-state index contributed by atoms with van der Waals surface area (Å²) in [6, 6.07) is 23.3. The van der Waals surface area contributed by atoms with E-state index in [2.05, 4.69) is 4.98 Å². The van der Waals surface area contributed by atoms with E-state index in [-0.39, 0.29) is 5.56 Å². The first-order valence-corrected chi connectivity index (χ1v) is 10.7. The summed E-state index contributed by atoms with van der Waals surface area (Å²) in [7, 11) is 0. The van der Waals surface area contributed by atoms with Crippen LogP contribution in [0.3, 0.4) is 0 Å². The molecule has 3 aromatic carbocycles. The fourth-order valence-corrected chi connectivity index (χ4v) is 4.08. The standard InChI is InChI=1S/C24H18ClFN2OS/c25-19-12-10-18(11-13-19)22-16-30-24(27-22)28(15-14-17-6-2-1-3-7-17)23(29)20-8-4-5-9-21(20)26/h1-13,16H,14-15H2. The molecule has 0 atom stereocenters. The Bertz CT molecular complexity index is 1150. The Kier molecular flexibility index (Phi) is 6.21. The third-order valence-electron chi connectivity index (χ3n) is 4.68. The molecule has 0 aliphatic heterocycles. The van der Waals surface area contributed by atoms with Crippen molar-refractivity contribution in [3.8, 4) is 11.3 Å². The number of thiazole rings is 1. The molecule has 1 amide bonds. The molecule has 0 fully saturated rings. The van der Waals surface area contributed by atoms with Crippen molar-refractivity contribution in [1.82, 2.24) is 4.98 Å². The number of carbonyl (C=O) groups is 1. The first-order chi connectivity index (χ1) is 14.6. The Morgan fingerprint density at radius 3 is 2.40 bits per heavy atom. The van der Waals surface area contributed by atoms with Gasteiger partial charge in [0.15, 0.2) is 5.13 Å². The summed E-state index contributed by atoms with van der Waals surface area (Å²) in [5.41, 5.74) is 2.79. The van der Waals surface area contributed by atoms with E-state index in [0.717, 1.165) is 16.8 Å². The number of halogens is 2. The van der Waals surface area contributed by atoms with Crippen LogP contribution in [-0.4, -0.2) is 17.4 Å². The number of carbonyl (C=O) groups excluding carboxylic acids is 1. The molecule has 1 heterocycles. The minimum absolute atomic E-state index is 0.0359. The summed E-state index contributed by atoms with van der Waals surface area (Å²) >= 11 is 7.33. The number of anilines is 1. The Labute approximate surface area is 183 Å². The summed E-state index contributed by atoms with van der Waals surface area (Å²) < 4.78 is 14.3. The van der Waals surface area contributed by atoms with Gasteiger partial charge in [-0.05, 0) is 36.2 Å². The van der Waals surface area contributed by atoms with Crippen molar-refractivity contribution in [3.63, 3.8) is 0 Å². The zero-order valence-corrected chi connectivity index (χ0v) is 17.5. The third-order valence-corrected chi connectivity index (χ3v) is 5.79. The van der Waals surface area contributed by atoms with Crippen molar-refractivity contribution in [1.29, 1.82) is 0 Å². The lowest BCUT2D eigenvalue weighted by Crippen LogP contribution is -2.33. The van der Waals surface area contributed by atoms with Gasteiger partial charge in [0.05, 0.1) is 11.3 Å². The summed E-state index contributed by atoms with van der Waals surface area (Å²) in [6.07, 6.45) is 0.636. The highest BCUT2D eigenvalue weighted by Gasteiger charge is 2.23. The molecule has 0 radical (unpaired) electrons. The van der Waals surface area contributed by atoms with Crippen molar-refractivity contribution < 1.29 is 9.18 Å². The smallest absolute Gasteiger partial charge is 0.263 e. The van der Waals surface area contributed by atoms with Crippen LogP contribution in [0.15, 0.2) is 84.2 Å². The zero-order valence-electron chi connectivity index (χ0n) is 16.0. The van der Waals surface area contributed by atoms with Crippen LogP contribution < -0.4 is 4.90 Å². The maximum atomic E-state index is 14.3. The highest BCUT2D eigenvalue weighted by molar-refractivity contribution is 7.14. The normalized spacial score (nSPS) is 10.7. The van der Waals surface area contributed by atoms with Gasteiger partial charge in [0.1, 0.15) is 5.82 Å². The lowest BCUT2D eigenvalue weighted by atomic mass is 10.1. The quantitative estimate of drug-likeness (QED) is 0.346. The second-order valence-electron chi connectivity index (χ2n) is 6.69. The minimum Gasteiger partial charge on any atom is -0.284 e. The van der Waals surface area contributed by atoms with Gasteiger partial charge < -0.3 is 0 Å². The van der Waals surface area contributed by atoms with Gasteiger partial charge >= 0.3 is 0 Å². The van der Waals surface area contributed by atoms with E-state index in [9.17, 15) is 9.18 Å². The number of amides is 1. The molecular formula is C24H18ClFN2OS. The molecule has 0 saturated heterocycles. The average molecular weight is 437 g/mol. The second-order valence-corrected chi connectivity index (χ2v) is 7.97. The molecule has 0 aliphatic carbocycles. The van der Waals surface area contributed by atoms with Gasteiger partial charge in [-0.15, -0.1) is 11.3 Å². The number of aromatic nitrogens is 1. The molecule has 4 rings (SSSR count). The van der Waals surface area contributed by atoms with Crippen LogP contribution in [0.2, 0.25) is 5.02 Å². The Morgan fingerprint density at radius 1 is 0.967 bits per heavy atom. The number of rotatable bonds is 6. The molecule has 0 saturated carbocycles. The molecule has 30 heavy (non-hydrogen) atoms. The molecule has 0 N–H and O–H groups in total. The fourth-order valence-electron chi connectivity index (χ4n) is 3.09. The lowest BCUT2D eigenvalue weighted by molar-refractivity contribution is 0.0983. The first kappa shape index (κ1) is 20.3. The van der Waals surface area contributed by atoms with Crippen LogP contribution in [0.1, 0.15) is 15.9 Å². The van der Waals surface area contributed by atoms with E-state index in [4.69, 9.17) is 11.6 Å². The number of nitrogens with zero attached hydrogens (tertiary/aromatic N) is 2. The predicted molar refractivity (Wildman–Crippen MR) is 121 cm³/mol. The monoisotopic (exact) mass is 436 g/mol. The molecule has 150 valence electrons. The Hall–Kier alpha value is -3.02. The summed E-state index contributed by atoms with van der Waals surface area (Å²) in [5.74, 6) is -0.942. The molecular weight excluding hydrogens is 419 g/mol. The van der Waals surface area contributed by atoms with Gasteiger partial charge in [0, 0.05) is 22.5 Å². The molecule has 0 unspecified atom stereocenters. The van der Waals surface area contributed by atoms with Gasteiger partial charge in [-0.3, -0.25) is 9.69 Å². The number of hydrogen-bond donors (Lipinski definition) is 0. The molecule has 1 aromatic heterocycles. The van der Waals surface area contributed by atoms with Crippen molar-refractivity contribution >= 4 is 34.0 Å².